The van der Waals surface area contributed by atoms with Crippen LogP contribution in [0, 0.1) is 0 Å². The zero-order valence-corrected chi connectivity index (χ0v) is 8.59. The van der Waals surface area contributed by atoms with E-state index in [9.17, 15) is 13.2 Å². The van der Waals surface area contributed by atoms with Crippen LogP contribution in [0.3, 0.4) is 0 Å². The van der Waals surface area contributed by atoms with Gasteiger partial charge >= 0.3 is 6.18 Å². The molecular weight excluding hydrogens is 209 g/mol. The monoisotopic (exact) mass is 220 g/mol. The van der Waals surface area contributed by atoms with Gasteiger partial charge in [0, 0.05) is 14.1 Å². The van der Waals surface area contributed by atoms with E-state index in [0.717, 1.165) is 6.07 Å². The molecule has 0 aliphatic heterocycles. The molecule has 0 N–H and O–H groups in total. The second kappa shape index (κ2) is 3.96. The molecule has 0 amide bonds. The molecule has 1 aromatic heterocycles. The number of rotatable bonds is 2. The van der Waals surface area contributed by atoms with Crippen LogP contribution in [0.4, 0.5) is 19.0 Å². The predicted molar refractivity (Wildman–Crippen MR) is 50.1 cm³/mol. The van der Waals surface area contributed by atoms with Gasteiger partial charge in [-0.2, -0.15) is 13.2 Å². The van der Waals surface area contributed by atoms with E-state index < -0.39 is 11.9 Å². The standard InChI is InChI=1S/C9H11F3N2O/c1-14(2)8-6(15-3)4-5-7(13-8)9(10,11)12/h4-5H,1-3H3. The van der Waals surface area contributed by atoms with Crippen molar-refractivity contribution < 1.29 is 17.9 Å². The largest absolute Gasteiger partial charge is 0.493 e. The third-order valence-electron chi connectivity index (χ3n) is 1.77. The summed E-state index contributed by atoms with van der Waals surface area (Å²) in [6.45, 7) is 0. The Kier molecular flexibility index (Phi) is 3.06. The summed E-state index contributed by atoms with van der Waals surface area (Å²) < 4.78 is 41.9. The first-order chi connectivity index (χ1) is 6.86. The van der Waals surface area contributed by atoms with Crippen LogP contribution >= 0.6 is 0 Å². The average Bonchev–Trinajstić information content (AvgIpc) is 2.15. The molecule has 0 aliphatic carbocycles. The highest BCUT2D eigenvalue weighted by molar-refractivity contribution is 5.52. The molecule has 1 aromatic rings. The van der Waals surface area contributed by atoms with Crippen molar-refractivity contribution in [1.29, 1.82) is 0 Å². The Morgan fingerprint density at radius 3 is 2.27 bits per heavy atom. The van der Waals surface area contributed by atoms with Crippen LogP contribution in [-0.2, 0) is 6.18 Å². The fraction of sp³-hybridized carbons (Fsp3) is 0.444. The Hall–Kier alpha value is -1.46. The molecule has 0 aliphatic rings. The maximum absolute atomic E-state index is 12.3. The third-order valence-corrected chi connectivity index (χ3v) is 1.77. The fourth-order valence-electron chi connectivity index (χ4n) is 1.07. The van der Waals surface area contributed by atoms with Gasteiger partial charge in [0.2, 0.25) is 0 Å². The Morgan fingerprint density at radius 1 is 1.27 bits per heavy atom. The van der Waals surface area contributed by atoms with Crippen molar-refractivity contribution in [3.05, 3.63) is 17.8 Å². The predicted octanol–water partition coefficient (Wildman–Crippen LogP) is 2.17. The minimum atomic E-state index is -4.43. The molecule has 1 rings (SSSR count). The van der Waals surface area contributed by atoms with Gasteiger partial charge in [0.1, 0.15) is 5.69 Å². The summed E-state index contributed by atoms with van der Waals surface area (Å²) in [5.74, 6) is 0.473. The number of ether oxygens (including phenoxy) is 1. The van der Waals surface area contributed by atoms with Crippen LogP contribution < -0.4 is 9.64 Å². The summed E-state index contributed by atoms with van der Waals surface area (Å²) in [6.07, 6.45) is -4.43. The van der Waals surface area contributed by atoms with Crippen LogP contribution in [-0.4, -0.2) is 26.2 Å². The van der Waals surface area contributed by atoms with Gasteiger partial charge in [-0.1, -0.05) is 0 Å². The molecule has 0 unspecified atom stereocenters. The van der Waals surface area contributed by atoms with Crippen molar-refractivity contribution in [1.82, 2.24) is 4.98 Å². The summed E-state index contributed by atoms with van der Waals surface area (Å²) in [6, 6.07) is 2.15. The van der Waals surface area contributed by atoms with E-state index >= 15 is 0 Å². The van der Waals surface area contributed by atoms with Gasteiger partial charge < -0.3 is 9.64 Å². The molecule has 1 heterocycles. The van der Waals surface area contributed by atoms with Crippen LogP contribution in [0.15, 0.2) is 12.1 Å². The third kappa shape index (κ3) is 2.51. The van der Waals surface area contributed by atoms with E-state index in [1.165, 1.54) is 18.1 Å². The van der Waals surface area contributed by atoms with Gasteiger partial charge in [-0.25, -0.2) is 4.98 Å². The number of methoxy groups -OCH3 is 1. The lowest BCUT2D eigenvalue weighted by Crippen LogP contribution is -2.16. The summed E-state index contributed by atoms with van der Waals surface area (Å²) in [5, 5.41) is 0. The molecule has 6 heteroatoms. The van der Waals surface area contributed by atoms with Crippen LogP contribution in [0.2, 0.25) is 0 Å². The normalized spacial score (nSPS) is 11.3. The number of hydrogen-bond acceptors (Lipinski definition) is 3. The van der Waals surface area contributed by atoms with E-state index in [4.69, 9.17) is 4.74 Å². The zero-order chi connectivity index (χ0) is 11.6. The molecule has 0 spiro atoms. The summed E-state index contributed by atoms with van der Waals surface area (Å²) in [4.78, 5) is 4.96. The number of nitrogens with zero attached hydrogens (tertiary/aromatic N) is 2. The number of anilines is 1. The maximum atomic E-state index is 12.3. The Bertz CT molecular complexity index is 350. The molecular formula is C9H11F3N2O. The lowest BCUT2D eigenvalue weighted by Gasteiger charge is -2.16. The minimum Gasteiger partial charge on any atom is -0.493 e. The van der Waals surface area contributed by atoms with E-state index in [-0.39, 0.29) is 5.82 Å². The minimum absolute atomic E-state index is 0.160. The lowest BCUT2D eigenvalue weighted by molar-refractivity contribution is -0.141. The maximum Gasteiger partial charge on any atom is 0.433 e. The van der Waals surface area contributed by atoms with E-state index in [0.29, 0.717) is 5.75 Å². The van der Waals surface area contributed by atoms with Gasteiger partial charge in [0.25, 0.3) is 0 Å². The number of pyridine rings is 1. The van der Waals surface area contributed by atoms with Crippen molar-refractivity contribution in [2.75, 3.05) is 26.1 Å². The molecule has 3 nitrogen and oxygen atoms in total. The summed E-state index contributed by atoms with van der Waals surface area (Å²) in [7, 11) is 4.59. The Balaban J connectivity index is 3.22. The van der Waals surface area contributed by atoms with Crippen molar-refractivity contribution in [2.45, 2.75) is 6.18 Å². The van der Waals surface area contributed by atoms with E-state index in [1.807, 2.05) is 0 Å². The smallest absolute Gasteiger partial charge is 0.433 e. The van der Waals surface area contributed by atoms with Crippen LogP contribution in [0.25, 0.3) is 0 Å². The second-order valence-corrected chi connectivity index (χ2v) is 3.11. The molecule has 0 aromatic carbocycles. The number of hydrogen-bond donors (Lipinski definition) is 0. The van der Waals surface area contributed by atoms with Gasteiger partial charge in [0.05, 0.1) is 7.11 Å². The Labute approximate surface area is 85.5 Å². The average molecular weight is 220 g/mol. The highest BCUT2D eigenvalue weighted by Crippen LogP contribution is 2.32. The van der Waals surface area contributed by atoms with Gasteiger partial charge in [-0.15, -0.1) is 0 Å². The highest BCUT2D eigenvalue weighted by atomic mass is 19.4. The van der Waals surface area contributed by atoms with Crippen LogP contribution in [0.5, 0.6) is 5.75 Å². The topological polar surface area (TPSA) is 25.4 Å². The SMILES string of the molecule is COc1ccc(C(F)(F)F)nc1N(C)C. The molecule has 84 valence electrons. The zero-order valence-electron chi connectivity index (χ0n) is 8.59. The first-order valence-corrected chi connectivity index (χ1v) is 4.16. The number of alkyl halides is 3. The van der Waals surface area contributed by atoms with Gasteiger partial charge in [0.15, 0.2) is 11.6 Å². The van der Waals surface area contributed by atoms with Crippen molar-refractivity contribution in [2.24, 2.45) is 0 Å². The molecule has 15 heavy (non-hydrogen) atoms. The molecule has 0 bridgehead atoms. The van der Waals surface area contributed by atoms with Crippen molar-refractivity contribution in [3.8, 4) is 5.75 Å². The second-order valence-electron chi connectivity index (χ2n) is 3.11. The summed E-state index contributed by atoms with van der Waals surface area (Å²) >= 11 is 0. The fourth-order valence-corrected chi connectivity index (χ4v) is 1.07. The number of halogens is 3. The first kappa shape index (κ1) is 11.6. The quantitative estimate of drug-likeness (QED) is 0.763. The highest BCUT2D eigenvalue weighted by Gasteiger charge is 2.33. The van der Waals surface area contributed by atoms with Crippen LogP contribution in [0.1, 0.15) is 5.69 Å². The first-order valence-electron chi connectivity index (χ1n) is 4.16. The summed E-state index contributed by atoms with van der Waals surface area (Å²) in [5.41, 5.74) is -0.924. The van der Waals surface area contributed by atoms with Crippen molar-refractivity contribution >= 4 is 5.82 Å². The van der Waals surface area contributed by atoms with Gasteiger partial charge in [-0.05, 0) is 12.1 Å². The molecule has 0 radical (unpaired) electrons. The van der Waals surface area contributed by atoms with E-state index in [1.54, 1.807) is 14.1 Å². The van der Waals surface area contributed by atoms with E-state index in [2.05, 4.69) is 4.98 Å². The molecule has 0 saturated heterocycles. The van der Waals surface area contributed by atoms with Gasteiger partial charge in [-0.3, -0.25) is 0 Å². The number of aromatic nitrogens is 1. The molecule has 0 fully saturated rings. The molecule has 0 saturated carbocycles. The Morgan fingerprint density at radius 2 is 1.87 bits per heavy atom. The van der Waals surface area contributed by atoms with Crippen molar-refractivity contribution in [3.63, 3.8) is 0 Å². The lowest BCUT2D eigenvalue weighted by atomic mass is 10.3. The molecule has 0 atom stereocenters.